The Hall–Kier alpha value is -2.28. The zero-order chi connectivity index (χ0) is 17.8. The molecule has 7 heteroatoms. The monoisotopic (exact) mass is 347 g/mol. The normalized spacial score (nSPS) is 23.0. The van der Waals surface area contributed by atoms with E-state index in [-0.39, 0.29) is 30.6 Å². The van der Waals surface area contributed by atoms with Crippen LogP contribution in [0, 0.1) is 0 Å². The molecule has 136 valence electrons. The summed E-state index contributed by atoms with van der Waals surface area (Å²) in [6.45, 7) is 5.84. The third-order valence-electron chi connectivity index (χ3n) is 4.35. The second-order valence-corrected chi connectivity index (χ2v) is 6.30. The molecule has 3 rings (SSSR count). The van der Waals surface area contributed by atoms with Crippen LogP contribution in [0.25, 0.3) is 0 Å². The van der Waals surface area contributed by atoms with E-state index in [9.17, 15) is 9.59 Å². The summed E-state index contributed by atoms with van der Waals surface area (Å²) >= 11 is 0. The van der Waals surface area contributed by atoms with Crippen LogP contribution in [0.3, 0.4) is 0 Å². The van der Waals surface area contributed by atoms with Gasteiger partial charge in [0, 0.05) is 18.2 Å². The summed E-state index contributed by atoms with van der Waals surface area (Å²) in [4.78, 5) is 25.9. The van der Waals surface area contributed by atoms with Crippen molar-refractivity contribution >= 4 is 11.8 Å². The fourth-order valence-electron chi connectivity index (χ4n) is 3.13. The number of piperazine rings is 1. The molecular weight excluding hydrogens is 322 g/mol. The number of fused-ring (bicyclic) bond motifs is 1. The summed E-state index contributed by atoms with van der Waals surface area (Å²) < 4.78 is 11.6. The highest BCUT2D eigenvalue weighted by Crippen LogP contribution is 2.35. The molecule has 2 aliphatic rings. The van der Waals surface area contributed by atoms with Crippen LogP contribution in [0.1, 0.15) is 38.4 Å². The van der Waals surface area contributed by atoms with Gasteiger partial charge in [-0.3, -0.25) is 14.5 Å². The number of nitrogens with zero attached hydrogens (tertiary/aromatic N) is 1. The quantitative estimate of drug-likeness (QED) is 0.775. The van der Waals surface area contributed by atoms with E-state index >= 15 is 0 Å². The Labute approximate surface area is 147 Å². The van der Waals surface area contributed by atoms with Gasteiger partial charge in [-0.15, -0.1) is 0 Å². The van der Waals surface area contributed by atoms with Crippen molar-refractivity contribution in [1.29, 1.82) is 0 Å². The molecule has 1 aromatic carbocycles. The molecule has 0 bridgehead atoms. The van der Waals surface area contributed by atoms with Crippen LogP contribution in [0.4, 0.5) is 0 Å². The Balaban J connectivity index is 1.88. The van der Waals surface area contributed by atoms with Gasteiger partial charge in [-0.05, 0) is 25.0 Å². The van der Waals surface area contributed by atoms with E-state index in [2.05, 4.69) is 17.6 Å². The summed E-state index contributed by atoms with van der Waals surface area (Å²) in [6, 6.07) is 5.32. The fourth-order valence-corrected chi connectivity index (χ4v) is 3.13. The highest BCUT2D eigenvalue weighted by atomic mass is 16.5. The molecule has 2 unspecified atom stereocenters. The van der Waals surface area contributed by atoms with Gasteiger partial charge in [0.2, 0.25) is 11.8 Å². The van der Waals surface area contributed by atoms with Crippen LogP contribution < -0.4 is 20.1 Å². The molecular formula is C18H25N3O4. The van der Waals surface area contributed by atoms with Crippen molar-refractivity contribution in [2.75, 3.05) is 26.3 Å². The van der Waals surface area contributed by atoms with Gasteiger partial charge in [-0.2, -0.15) is 0 Å². The predicted molar refractivity (Wildman–Crippen MR) is 92.4 cm³/mol. The van der Waals surface area contributed by atoms with E-state index in [0.29, 0.717) is 25.5 Å². The van der Waals surface area contributed by atoms with Crippen molar-refractivity contribution in [1.82, 2.24) is 15.5 Å². The molecule has 2 aliphatic heterocycles. The van der Waals surface area contributed by atoms with Crippen LogP contribution >= 0.6 is 0 Å². The number of amides is 2. The minimum absolute atomic E-state index is 0.0715. The predicted octanol–water partition coefficient (Wildman–Crippen LogP) is 1.19. The number of hydrogen-bond donors (Lipinski definition) is 2. The number of carbonyl (C=O) groups excluding carboxylic acids is 2. The first kappa shape index (κ1) is 17.5. The van der Waals surface area contributed by atoms with Crippen LogP contribution in [0.2, 0.25) is 0 Å². The lowest BCUT2D eigenvalue weighted by Gasteiger charge is -2.31. The molecule has 25 heavy (non-hydrogen) atoms. The molecule has 2 saturated heterocycles. The third-order valence-corrected chi connectivity index (χ3v) is 4.35. The first-order valence-corrected chi connectivity index (χ1v) is 8.86. The molecule has 0 saturated carbocycles. The van der Waals surface area contributed by atoms with Crippen molar-refractivity contribution in [2.24, 2.45) is 0 Å². The molecule has 0 aliphatic carbocycles. The molecule has 2 amide bonds. The largest absolute Gasteiger partial charge is 0.493 e. The highest BCUT2D eigenvalue weighted by molar-refractivity contribution is 5.89. The lowest BCUT2D eigenvalue weighted by Crippen LogP contribution is -2.53. The summed E-state index contributed by atoms with van der Waals surface area (Å²) in [6.07, 6.45) is 1.44. The fraction of sp³-hybridized carbons (Fsp3) is 0.556. The second kappa shape index (κ2) is 7.74. The van der Waals surface area contributed by atoms with Crippen molar-refractivity contribution in [3.8, 4) is 11.5 Å². The zero-order valence-corrected chi connectivity index (χ0v) is 14.7. The van der Waals surface area contributed by atoms with Gasteiger partial charge in [0.1, 0.15) is 23.7 Å². The first-order chi connectivity index (χ1) is 12.1. The minimum Gasteiger partial charge on any atom is -0.493 e. The SMILES string of the molecule is CCCOc1ccc(C2NC(=O)C3CNC(=O)CN32)c(OCCC)c1. The first-order valence-electron chi connectivity index (χ1n) is 8.86. The Morgan fingerprint density at radius 3 is 2.68 bits per heavy atom. The molecule has 2 atom stereocenters. The van der Waals surface area contributed by atoms with Gasteiger partial charge >= 0.3 is 0 Å². The Morgan fingerprint density at radius 2 is 1.92 bits per heavy atom. The highest BCUT2D eigenvalue weighted by Gasteiger charge is 2.44. The van der Waals surface area contributed by atoms with Gasteiger partial charge in [0.15, 0.2) is 0 Å². The standard InChI is InChI=1S/C18H25N3O4/c1-3-7-24-12-5-6-13(15(9-12)25-8-4-2)17-20-18(23)14-10-19-16(22)11-21(14)17/h5-6,9,14,17H,3-4,7-8,10-11H2,1-2H3,(H,19,22)(H,20,23). The van der Waals surface area contributed by atoms with Crippen molar-refractivity contribution in [2.45, 2.75) is 38.9 Å². The maximum atomic E-state index is 12.3. The lowest BCUT2D eigenvalue weighted by molar-refractivity contribution is -0.128. The Bertz CT molecular complexity index is 649. The van der Waals surface area contributed by atoms with E-state index < -0.39 is 0 Å². The maximum Gasteiger partial charge on any atom is 0.240 e. The van der Waals surface area contributed by atoms with Gasteiger partial charge in [0.25, 0.3) is 0 Å². The molecule has 7 nitrogen and oxygen atoms in total. The number of ether oxygens (including phenoxy) is 2. The maximum absolute atomic E-state index is 12.3. The molecule has 2 fully saturated rings. The smallest absolute Gasteiger partial charge is 0.240 e. The van der Waals surface area contributed by atoms with Gasteiger partial charge < -0.3 is 20.1 Å². The van der Waals surface area contributed by atoms with E-state index in [4.69, 9.17) is 9.47 Å². The van der Waals surface area contributed by atoms with Crippen molar-refractivity contribution in [3.05, 3.63) is 23.8 Å². The number of rotatable bonds is 7. The van der Waals surface area contributed by atoms with E-state index in [1.165, 1.54) is 0 Å². The topological polar surface area (TPSA) is 79.9 Å². The minimum atomic E-state index is -0.365. The van der Waals surface area contributed by atoms with Gasteiger partial charge in [0.05, 0.1) is 19.8 Å². The molecule has 0 radical (unpaired) electrons. The zero-order valence-electron chi connectivity index (χ0n) is 14.7. The Morgan fingerprint density at radius 1 is 1.16 bits per heavy atom. The van der Waals surface area contributed by atoms with Crippen LogP contribution in [-0.4, -0.2) is 49.1 Å². The van der Waals surface area contributed by atoms with Gasteiger partial charge in [-0.25, -0.2) is 0 Å². The Kier molecular flexibility index (Phi) is 5.43. The number of benzene rings is 1. The third kappa shape index (κ3) is 3.71. The van der Waals surface area contributed by atoms with E-state index in [1.807, 2.05) is 30.0 Å². The number of nitrogens with one attached hydrogen (secondary N) is 2. The molecule has 2 N–H and O–H groups in total. The summed E-state index contributed by atoms with van der Waals surface area (Å²) in [5.74, 6) is 1.29. The number of hydrogen-bond acceptors (Lipinski definition) is 5. The van der Waals surface area contributed by atoms with Gasteiger partial charge in [-0.1, -0.05) is 13.8 Å². The summed E-state index contributed by atoms with van der Waals surface area (Å²) in [5.41, 5.74) is 0.850. The lowest BCUT2D eigenvalue weighted by atomic mass is 10.1. The molecule has 0 spiro atoms. The molecule has 0 aromatic heterocycles. The number of carbonyl (C=O) groups is 2. The summed E-state index contributed by atoms with van der Waals surface area (Å²) in [7, 11) is 0. The van der Waals surface area contributed by atoms with E-state index in [0.717, 1.165) is 24.2 Å². The van der Waals surface area contributed by atoms with E-state index in [1.54, 1.807) is 0 Å². The van der Waals surface area contributed by atoms with Crippen molar-refractivity contribution in [3.63, 3.8) is 0 Å². The second-order valence-electron chi connectivity index (χ2n) is 6.30. The average Bonchev–Trinajstić information content (AvgIpc) is 2.94. The van der Waals surface area contributed by atoms with Crippen LogP contribution in [0.5, 0.6) is 11.5 Å². The van der Waals surface area contributed by atoms with Crippen LogP contribution in [-0.2, 0) is 9.59 Å². The summed E-state index contributed by atoms with van der Waals surface area (Å²) in [5, 5.41) is 5.73. The molecule has 2 heterocycles. The molecule has 1 aromatic rings. The average molecular weight is 347 g/mol. The van der Waals surface area contributed by atoms with Crippen molar-refractivity contribution < 1.29 is 19.1 Å². The van der Waals surface area contributed by atoms with Crippen LogP contribution in [0.15, 0.2) is 18.2 Å².